The van der Waals surface area contributed by atoms with Gasteiger partial charge in [-0.3, -0.25) is 4.79 Å². The zero-order chi connectivity index (χ0) is 14.8. The summed E-state index contributed by atoms with van der Waals surface area (Å²) < 4.78 is 5.54. The summed E-state index contributed by atoms with van der Waals surface area (Å²) in [5.41, 5.74) is 1.19. The quantitative estimate of drug-likeness (QED) is 0.851. The van der Waals surface area contributed by atoms with Crippen LogP contribution in [0.25, 0.3) is 11.1 Å². The highest BCUT2D eigenvalue weighted by molar-refractivity contribution is 7.99. The molecule has 20 heavy (non-hydrogen) atoms. The van der Waals surface area contributed by atoms with E-state index in [-0.39, 0.29) is 17.2 Å². The fourth-order valence-corrected chi connectivity index (χ4v) is 2.38. The van der Waals surface area contributed by atoms with Crippen LogP contribution in [-0.2, 0) is 4.79 Å². The summed E-state index contributed by atoms with van der Waals surface area (Å²) in [7, 11) is 0. The molecule has 1 heterocycles. The zero-order valence-corrected chi connectivity index (χ0v) is 13.3. The molecule has 1 amide bonds. The second kappa shape index (κ2) is 6.06. The van der Waals surface area contributed by atoms with Crippen LogP contribution in [0.5, 0.6) is 0 Å². The Hall–Kier alpha value is -1.20. The van der Waals surface area contributed by atoms with Gasteiger partial charge in [-0.1, -0.05) is 30.3 Å². The number of benzene rings is 1. The Labute approximate surface area is 127 Å². The van der Waals surface area contributed by atoms with Crippen LogP contribution in [0.15, 0.2) is 27.8 Å². The van der Waals surface area contributed by atoms with Crippen molar-refractivity contribution in [2.24, 2.45) is 0 Å². The number of rotatable bonds is 5. The van der Waals surface area contributed by atoms with E-state index in [1.54, 1.807) is 18.2 Å². The van der Waals surface area contributed by atoms with Gasteiger partial charge in [0.1, 0.15) is 5.52 Å². The summed E-state index contributed by atoms with van der Waals surface area (Å²) in [5, 5.41) is 4.06. The van der Waals surface area contributed by atoms with Crippen LogP contribution in [0.1, 0.15) is 27.2 Å². The third-order valence-corrected chi connectivity index (χ3v) is 4.08. The van der Waals surface area contributed by atoms with Crippen molar-refractivity contribution in [1.29, 1.82) is 0 Å². The SMILES string of the molecule is CCC(C)(C)NC(=O)CSc1nc2cc(Cl)ccc2o1. The van der Waals surface area contributed by atoms with Gasteiger partial charge >= 0.3 is 0 Å². The Balaban J connectivity index is 1.97. The molecule has 1 aromatic heterocycles. The predicted molar refractivity (Wildman–Crippen MR) is 82.3 cm³/mol. The Bertz CT molecular complexity index is 625. The average molecular weight is 313 g/mol. The van der Waals surface area contributed by atoms with Gasteiger partial charge in [0.05, 0.1) is 5.75 Å². The molecular formula is C14H17ClN2O2S. The Kier molecular flexibility index (Phi) is 4.60. The highest BCUT2D eigenvalue weighted by Crippen LogP contribution is 2.25. The summed E-state index contributed by atoms with van der Waals surface area (Å²) in [4.78, 5) is 16.1. The molecule has 1 aromatic carbocycles. The first-order valence-corrected chi connectivity index (χ1v) is 7.76. The smallest absolute Gasteiger partial charge is 0.257 e. The lowest BCUT2D eigenvalue weighted by molar-refractivity contribution is -0.120. The zero-order valence-electron chi connectivity index (χ0n) is 11.7. The summed E-state index contributed by atoms with van der Waals surface area (Å²) in [5.74, 6) is 0.256. The first kappa shape index (κ1) is 15.2. The first-order valence-electron chi connectivity index (χ1n) is 6.39. The normalized spacial score (nSPS) is 11.8. The number of amides is 1. The van der Waals surface area contributed by atoms with E-state index in [1.165, 1.54) is 11.8 Å². The standard InChI is InChI=1S/C14H17ClN2O2S/c1-4-14(2,3)17-12(18)8-20-13-16-10-7-9(15)5-6-11(10)19-13/h5-7H,4,8H2,1-3H3,(H,17,18). The van der Waals surface area contributed by atoms with Crippen LogP contribution in [-0.4, -0.2) is 22.2 Å². The number of aromatic nitrogens is 1. The second-order valence-corrected chi connectivity index (χ2v) is 6.53. The molecule has 0 aliphatic heterocycles. The van der Waals surface area contributed by atoms with Crippen molar-refractivity contribution in [2.75, 3.05) is 5.75 Å². The van der Waals surface area contributed by atoms with E-state index in [4.69, 9.17) is 16.0 Å². The number of nitrogens with one attached hydrogen (secondary N) is 1. The van der Waals surface area contributed by atoms with Gasteiger partial charge < -0.3 is 9.73 Å². The van der Waals surface area contributed by atoms with E-state index in [0.29, 0.717) is 21.3 Å². The van der Waals surface area contributed by atoms with Crippen molar-refractivity contribution in [3.63, 3.8) is 0 Å². The molecule has 108 valence electrons. The number of halogens is 1. The Morgan fingerprint density at radius 2 is 2.25 bits per heavy atom. The summed E-state index contributed by atoms with van der Waals surface area (Å²) >= 11 is 7.17. The van der Waals surface area contributed by atoms with E-state index >= 15 is 0 Å². The van der Waals surface area contributed by atoms with Crippen LogP contribution < -0.4 is 5.32 Å². The van der Waals surface area contributed by atoms with Crippen molar-refractivity contribution in [2.45, 2.75) is 38.0 Å². The Morgan fingerprint density at radius 1 is 1.50 bits per heavy atom. The maximum absolute atomic E-state index is 11.8. The summed E-state index contributed by atoms with van der Waals surface area (Å²) in [6, 6.07) is 5.26. The van der Waals surface area contributed by atoms with Gasteiger partial charge in [-0.25, -0.2) is 4.98 Å². The minimum absolute atomic E-state index is 0.0258. The lowest BCUT2D eigenvalue weighted by Gasteiger charge is -2.24. The molecule has 0 bridgehead atoms. The molecule has 2 rings (SSSR count). The molecular weight excluding hydrogens is 296 g/mol. The predicted octanol–water partition coefficient (Wildman–Crippen LogP) is 3.88. The first-order chi connectivity index (χ1) is 9.39. The molecule has 0 saturated heterocycles. The van der Waals surface area contributed by atoms with Gasteiger partial charge in [-0.05, 0) is 38.5 Å². The van der Waals surface area contributed by atoms with E-state index < -0.39 is 0 Å². The molecule has 6 heteroatoms. The lowest BCUT2D eigenvalue weighted by Crippen LogP contribution is -2.43. The Morgan fingerprint density at radius 3 is 2.95 bits per heavy atom. The number of fused-ring (bicyclic) bond motifs is 1. The molecule has 0 aliphatic carbocycles. The number of hydrogen-bond donors (Lipinski definition) is 1. The van der Waals surface area contributed by atoms with Crippen LogP contribution >= 0.6 is 23.4 Å². The molecule has 2 aromatic rings. The summed E-state index contributed by atoms with van der Waals surface area (Å²) in [6.45, 7) is 6.03. The van der Waals surface area contributed by atoms with Crippen LogP contribution in [0, 0.1) is 0 Å². The van der Waals surface area contributed by atoms with E-state index in [2.05, 4.69) is 10.3 Å². The van der Waals surface area contributed by atoms with Crippen LogP contribution in [0.4, 0.5) is 0 Å². The number of nitrogens with zero attached hydrogens (tertiary/aromatic N) is 1. The van der Waals surface area contributed by atoms with Gasteiger partial charge in [0.2, 0.25) is 5.91 Å². The largest absolute Gasteiger partial charge is 0.431 e. The van der Waals surface area contributed by atoms with Gasteiger partial charge in [-0.2, -0.15) is 0 Å². The number of oxazole rings is 1. The highest BCUT2D eigenvalue weighted by atomic mass is 35.5. The van der Waals surface area contributed by atoms with Gasteiger partial charge in [0.25, 0.3) is 5.22 Å². The van der Waals surface area contributed by atoms with Gasteiger partial charge in [0.15, 0.2) is 5.58 Å². The van der Waals surface area contributed by atoms with Crippen molar-refractivity contribution in [3.05, 3.63) is 23.2 Å². The molecule has 0 fully saturated rings. The molecule has 0 saturated carbocycles. The van der Waals surface area contributed by atoms with Gasteiger partial charge in [-0.15, -0.1) is 0 Å². The highest BCUT2D eigenvalue weighted by Gasteiger charge is 2.18. The molecule has 4 nitrogen and oxygen atoms in total. The monoisotopic (exact) mass is 312 g/mol. The van der Waals surface area contributed by atoms with E-state index in [1.807, 2.05) is 20.8 Å². The van der Waals surface area contributed by atoms with Crippen LogP contribution in [0.3, 0.4) is 0 Å². The number of carbonyl (C=O) groups excluding carboxylic acids is 1. The third-order valence-electron chi connectivity index (χ3n) is 3.02. The lowest BCUT2D eigenvalue weighted by atomic mass is 10.0. The number of thioether (sulfide) groups is 1. The average Bonchev–Trinajstić information content (AvgIpc) is 2.78. The minimum Gasteiger partial charge on any atom is -0.431 e. The topological polar surface area (TPSA) is 55.1 Å². The molecule has 1 N–H and O–H groups in total. The summed E-state index contributed by atoms with van der Waals surface area (Å²) in [6.07, 6.45) is 0.880. The number of hydrogen-bond acceptors (Lipinski definition) is 4. The maximum Gasteiger partial charge on any atom is 0.257 e. The van der Waals surface area contributed by atoms with E-state index in [0.717, 1.165) is 6.42 Å². The molecule has 0 radical (unpaired) electrons. The molecule has 0 spiro atoms. The third kappa shape index (κ3) is 3.90. The van der Waals surface area contributed by atoms with Crippen molar-refractivity contribution in [1.82, 2.24) is 10.3 Å². The van der Waals surface area contributed by atoms with Gasteiger partial charge in [0, 0.05) is 10.6 Å². The maximum atomic E-state index is 11.8. The van der Waals surface area contributed by atoms with E-state index in [9.17, 15) is 4.79 Å². The fraction of sp³-hybridized carbons (Fsp3) is 0.429. The number of carbonyl (C=O) groups is 1. The molecule has 0 atom stereocenters. The van der Waals surface area contributed by atoms with Crippen molar-refractivity contribution < 1.29 is 9.21 Å². The minimum atomic E-state index is -0.188. The molecule has 0 unspecified atom stereocenters. The van der Waals surface area contributed by atoms with Crippen LogP contribution in [0.2, 0.25) is 5.02 Å². The molecule has 0 aliphatic rings. The van der Waals surface area contributed by atoms with Crippen molar-refractivity contribution >= 4 is 40.4 Å². The fourth-order valence-electron chi connectivity index (χ4n) is 1.57. The van der Waals surface area contributed by atoms with Crippen molar-refractivity contribution in [3.8, 4) is 0 Å². The second-order valence-electron chi connectivity index (χ2n) is 5.17.